The van der Waals surface area contributed by atoms with E-state index in [9.17, 15) is 4.79 Å². The molecule has 39 heavy (non-hydrogen) atoms. The van der Waals surface area contributed by atoms with Gasteiger partial charge in [0.2, 0.25) is 0 Å². The van der Waals surface area contributed by atoms with Crippen LogP contribution in [-0.4, -0.2) is 43.8 Å². The number of esters is 1. The fourth-order valence-electron chi connectivity index (χ4n) is 4.99. The zero-order valence-corrected chi connectivity index (χ0v) is 25.6. The molecule has 0 bridgehead atoms. The van der Waals surface area contributed by atoms with E-state index >= 15 is 0 Å². The molecular formula is C35H56NO3+. The number of nitrogens with zero attached hydrogens (tertiary/aromatic N) is 1. The monoisotopic (exact) mass is 538 g/mol. The molecule has 218 valence electrons. The first-order chi connectivity index (χ1) is 18.8. The van der Waals surface area contributed by atoms with Crippen LogP contribution in [0.25, 0.3) is 0 Å². The fourth-order valence-corrected chi connectivity index (χ4v) is 4.99. The van der Waals surface area contributed by atoms with Crippen LogP contribution in [0.1, 0.15) is 103 Å². The Morgan fingerprint density at radius 3 is 2.13 bits per heavy atom. The maximum absolute atomic E-state index is 12.6. The molecule has 4 nitrogen and oxygen atoms in total. The third-order valence-corrected chi connectivity index (χ3v) is 7.60. The van der Waals surface area contributed by atoms with Gasteiger partial charge in [-0.1, -0.05) is 108 Å². The van der Waals surface area contributed by atoms with Gasteiger partial charge in [-0.15, -0.1) is 0 Å². The summed E-state index contributed by atoms with van der Waals surface area (Å²) < 4.78 is 12.6. The lowest BCUT2D eigenvalue weighted by molar-refractivity contribution is -0.904. The quantitative estimate of drug-likeness (QED) is 0.0905. The molecular weight excluding hydrogens is 482 g/mol. The Morgan fingerprint density at radius 2 is 1.44 bits per heavy atom. The van der Waals surface area contributed by atoms with E-state index < -0.39 is 0 Å². The van der Waals surface area contributed by atoms with Crippen molar-refractivity contribution in [1.82, 2.24) is 0 Å². The summed E-state index contributed by atoms with van der Waals surface area (Å²) in [5.74, 6) is 0.700. The smallest absolute Gasteiger partial charge is 0.308 e. The number of benzene rings is 2. The van der Waals surface area contributed by atoms with Gasteiger partial charge in [0, 0.05) is 18.4 Å². The van der Waals surface area contributed by atoms with Crippen LogP contribution < -0.4 is 4.74 Å². The zero-order chi connectivity index (χ0) is 28.3. The van der Waals surface area contributed by atoms with Gasteiger partial charge >= 0.3 is 5.97 Å². The van der Waals surface area contributed by atoms with Crippen molar-refractivity contribution >= 4 is 5.97 Å². The van der Waals surface area contributed by atoms with Crippen molar-refractivity contribution in [3.8, 4) is 5.75 Å². The Bertz CT molecular complexity index is 911. The Morgan fingerprint density at radius 1 is 0.795 bits per heavy atom. The van der Waals surface area contributed by atoms with Crippen molar-refractivity contribution in [3.63, 3.8) is 0 Å². The average Bonchev–Trinajstić information content (AvgIpc) is 2.91. The van der Waals surface area contributed by atoms with Crippen LogP contribution >= 0.6 is 0 Å². The third kappa shape index (κ3) is 15.1. The minimum atomic E-state index is -0.107. The van der Waals surface area contributed by atoms with Gasteiger partial charge in [0.1, 0.15) is 12.3 Å². The first-order valence-corrected chi connectivity index (χ1v) is 15.6. The van der Waals surface area contributed by atoms with Gasteiger partial charge in [0.05, 0.1) is 39.3 Å². The largest absolute Gasteiger partial charge is 0.491 e. The van der Waals surface area contributed by atoms with Gasteiger partial charge in [-0.25, -0.2) is 0 Å². The number of rotatable bonds is 21. The average molecular weight is 539 g/mol. The number of carbonyl (C=O) groups is 1. The molecule has 0 aromatic heterocycles. The predicted molar refractivity (Wildman–Crippen MR) is 164 cm³/mol. The molecule has 0 aliphatic rings. The van der Waals surface area contributed by atoms with E-state index in [4.69, 9.17) is 9.47 Å². The first-order valence-electron chi connectivity index (χ1n) is 15.6. The second-order valence-corrected chi connectivity index (χ2v) is 12.1. The molecule has 2 aromatic rings. The standard InChI is InChI=1S/C35H56NO3/c1-6-7-8-9-10-11-12-13-15-19-32-22-18-23-34(28-32)39-31(3)25-27-38-35(37)30(2)24-26-36(4,5)29-33-20-16-14-17-21-33/h14,16-18,20-23,28,30-31H,6-13,15,19,24-27,29H2,1-5H3/q+1. The number of quaternary nitrogens is 1. The topological polar surface area (TPSA) is 35.5 Å². The summed E-state index contributed by atoms with van der Waals surface area (Å²) in [5.41, 5.74) is 2.66. The van der Waals surface area contributed by atoms with E-state index in [2.05, 4.69) is 63.5 Å². The van der Waals surface area contributed by atoms with Crippen molar-refractivity contribution in [2.45, 2.75) is 110 Å². The molecule has 0 aliphatic carbocycles. The molecule has 0 aliphatic heterocycles. The predicted octanol–water partition coefficient (Wildman–Crippen LogP) is 8.76. The van der Waals surface area contributed by atoms with Crippen LogP contribution in [0.5, 0.6) is 5.75 Å². The van der Waals surface area contributed by atoms with Gasteiger partial charge in [-0.3, -0.25) is 4.79 Å². The lowest BCUT2D eigenvalue weighted by Gasteiger charge is -2.30. The zero-order valence-electron chi connectivity index (χ0n) is 25.6. The maximum Gasteiger partial charge on any atom is 0.308 e. The van der Waals surface area contributed by atoms with E-state index in [1.54, 1.807) is 0 Å². The van der Waals surface area contributed by atoms with Crippen LogP contribution in [0.15, 0.2) is 54.6 Å². The first kappa shape index (κ1) is 32.9. The second-order valence-electron chi connectivity index (χ2n) is 12.1. The molecule has 2 unspecified atom stereocenters. The number of hydrogen-bond donors (Lipinski definition) is 0. The van der Waals surface area contributed by atoms with E-state index in [0.29, 0.717) is 13.0 Å². The van der Waals surface area contributed by atoms with E-state index in [1.807, 2.05) is 26.0 Å². The van der Waals surface area contributed by atoms with Gasteiger partial charge in [-0.05, 0) is 37.5 Å². The number of unbranched alkanes of at least 4 members (excludes halogenated alkanes) is 8. The number of aryl methyl sites for hydroxylation is 1. The normalized spacial score (nSPS) is 13.2. The van der Waals surface area contributed by atoms with Gasteiger partial charge in [0.15, 0.2) is 0 Å². The third-order valence-electron chi connectivity index (χ3n) is 7.60. The number of hydrogen-bond acceptors (Lipinski definition) is 3. The Kier molecular flexibility index (Phi) is 15.9. The van der Waals surface area contributed by atoms with E-state index in [-0.39, 0.29) is 18.0 Å². The molecule has 0 radical (unpaired) electrons. The maximum atomic E-state index is 12.6. The van der Waals surface area contributed by atoms with Gasteiger partial charge < -0.3 is 14.0 Å². The highest BCUT2D eigenvalue weighted by Crippen LogP contribution is 2.19. The molecule has 4 heteroatoms. The summed E-state index contributed by atoms with van der Waals surface area (Å²) in [5, 5.41) is 0. The summed E-state index contributed by atoms with van der Waals surface area (Å²) in [6.07, 6.45) is 14.8. The second kappa shape index (κ2) is 18.9. The van der Waals surface area contributed by atoms with Crippen molar-refractivity contribution in [2.24, 2.45) is 5.92 Å². The minimum absolute atomic E-state index is 0.00228. The van der Waals surface area contributed by atoms with Crippen molar-refractivity contribution in [2.75, 3.05) is 27.2 Å². The van der Waals surface area contributed by atoms with Crippen LogP contribution in [0.4, 0.5) is 0 Å². The minimum Gasteiger partial charge on any atom is -0.491 e. The van der Waals surface area contributed by atoms with E-state index in [1.165, 1.54) is 68.9 Å². The van der Waals surface area contributed by atoms with Crippen molar-refractivity contribution in [3.05, 3.63) is 65.7 Å². The molecule has 0 N–H and O–H groups in total. The summed E-state index contributed by atoms with van der Waals surface area (Å²) in [6.45, 7) is 8.58. The Hall–Kier alpha value is -2.33. The molecule has 2 aromatic carbocycles. The highest BCUT2D eigenvalue weighted by Gasteiger charge is 2.22. The van der Waals surface area contributed by atoms with Crippen LogP contribution in [0.2, 0.25) is 0 Å². The summed E-state index contributed by atoms with van der Waals surface area (Å²) >= 11 is 0. The molecule has 0 heterocycles. The highest BCUT2D eigenvalue weighted by molar-refractivity contribution is 5.71. The summed E-state index contributed by atoms with van der Waals surface area (Å²) in [4.78, 5) is 12.6. The number of ether oxygens (including phenoxy) is 2. The molecule has 2 atom stereocenters. The van der Waals surface area contributed by atoms with Crippen molar-refractivity contribution < 1.29 is 18.8 Å². The molecule has 2 rings (SSSR count). The van der Waals surface area contributed by atoms with Crippen molar-refractivity contribution in [1.29, 1.82) is 0 Å². The lowest BCUT2D eigenvalue weighted by atomic mass is 10.0. The number of carbonyl (C=O) groups excluding carboxylic acids is 1. The Labute approximate surface area is 239 Å². The lowest BCUT2D eigenvalue weighted by Crippen LogP contribution is -2.40. The van der Waals surface area contributed by atoms with Gasteiger partial charge in [0.25, 0.3) is 0 Å². The van der Waals surface area contributed by atoms with Crippen LogP contribution in [0.3, 0.4) is 0 Å². The molecule has 0 amide bonds. The Balaban J connectivity index is 1.60. The summed E-state index contributed by atoms with van der Waals surface area (Å²) in [6, 6.07) is 19.0. The van der Waals surface area contributed by atoms with Crippen LogP contribution in [0, 0.1) is 5.92 Å². The van der Waals surface area contributed by atoms with E-state index in [0.717, 1.165) is 36.2 Å². The van der Waals surface area contributed by atoms with Crippen LogP contribution in [-0.2, 0) is 22.5 Å². The fraction of sp³-hybridized carbons (Fsp3) is 0.629. The SMILES string of the molecule is CCCCCCCCCCCc1cccc(OC(C)CCOC(=O)C(C)CC[N+](C)(C)Cc2ccccc2)c1. The molecule has 0 fully saturated rings. The summed E-state index contributed by atoms with van der Waals surface area (Å²) in [7, 11) is 4.44. The van der Waals surface area contributed by atoms with Gasteiger partial charge in [-0.2, -0.15) is 0 Å². The highest BCUT2D eigenvalue weighted by atomic mass is 16.5. The molecule has 0 saturated heterocycles. The molecule has 0 saturated carbocycles. The molecule has 0 spiro atoms.